The normalized spacial score (nSPS) is 113. The minimum absolute atomic E-state index is 0.852. The molecule has 0 radical (unpaired) electrons. The van der Waals surface area contributed by atoms with Gasteiger partial charge in [-0.3, -0.25) is 0 Å². The Labute approximate surface area is 95.4 Å². The van der Waals surface area contributed by atoms with Crippen molar-refractivity contribution in [2.24, 2.45) is 0 Å². The molecule has 4 atom stereocenters. The van der Waals surface area contributed by atoms with Gasteiger partial charge in [-0.15, -0.1) is 0 Å². The minimum atomic E-state index is -2.94. The quantitative estimate of drug-likeness (QED) is 0.608. The fraction of sp³-hybridized carbons (Fsp3) is 0.625. The first kappa shape index (κ1) is 6.33. The third kappa shape index (κ3) is 0.0623. The van der Waals surface area contributed by atoms with Crippen LogP contribution < -0.4 is 5.73 Å². The predicted molar refractivity (Wildman–Crippen MR) is 66.3 cm³/mol. The summed E-state index contributed by atoms with van der Waals surface area (Å²) in [5.41, 5.74) is 9.32. The summed E-state index contributed by atoms with van der Waals surface area (Å²) in [6.07, 6.45) is 0. The standard InChI is InChI=1S/C11H10N.C5H5.Fe/c12-11-8-4-3-7-10(11)9-5-1-2-6-9;1-2-4-5-3-1;/h1-8H,12H2;1-5H;. The van der Waals surface area contributed by atoms with Crippen molar-refractivity contribution in [3.05, 3.63) is 29.8 Å². The van der Waals surface area contributed by atoms with E-state index in [0.29, 0.717) is 0 Å². The summed E-state index contributed by atoms with van der Waals surface area (Å²) >= 11 is 0. The number of para-hydroxylation sites is 1. The van der Waals surface area contributed by atoms with Crippen molar-refractivity contribution in [3.8, 4) is 0 Å². The van der Waals surface area contributed by atoms with Gasteiger partial charge in [-0.25, -0.2) is 0 Å². The fourth-order valence-corrected chi connectivity index (χ4v) is 92.0. The van der Waals surface area contributed by atoms with Gasteiger partial charge >= 0.3 is 95.4 Å². The average Bonchev–Trinajstić information content (AvgIpc) is 3.33. The summed E-state index contributed by atoms with van der Waals surface area (Å²) < 4.78 is 0.852. The van der Waals surface area contributed by atoms with Crippen LogP contribution in [0.5, 0.6) is 0 Å². The van der Waals surface area contributed by atoms with E-state index in [-0.39, 0.29) is 0 Å². The first-order valence-corrected chi connectivity index (χ1v) is 13.9. The molecule has 2 heteroatoms. The van der Waals surface area contributed by atoms with E-state index in [2.05, 4.69) is 24.3 Å². The number of rotatable bonds is 1. The predicted octanol–water partition coefficient (Wildman–Crippen LogP) is 4.06. The van der Waals surface area contributed by atoms with Gasteiger partial charge in [0, 0.05) is 0 Å². The third-order valence-corrected chi connectivity index (χ3v) is 58.4. The molecule has 0 aliphatic carbocycles. The molecule has 11 rings (SSSR count). The third-order valence-electron chi connectivity index (χ3n) is 16.0. The summed E-state index contributed by atoms with van der Waals surface area (Å²) in [6, 6.07) is 9.07. The number of fused-ring (bicyclic) bond motifs is 10. The van der Waals surface area contributed by atoms with Gasteiger partial charge in [0.25, 0.3) is 0 Å². The molecule has 0 amide bonds. The topological polar surface area (TPSA) is 26.0 Å². The number of anilines is 1. The molecular formula is C16H15FeN. The van der Waals surface area contributed by atoms with E-state index in [9.17, 15) is 0 Å². The van der Waals surface area contributed by atoms with Crippen LogP contribution in [0.2, 0.25) is 43.3 Å². The monoisotopic (exact) mass is 277 g/mol. The molecule has 10 heterocycles. The Kier molecular flexibility index (Phi) is 0.183. The van der Waals surface area contributed by atoms with E-state index in [1.165, 1.54) is 49.0 Å². The van der Waals surface area contributed by atoms with E-state index in [4.69, 9.17) is 5.73 Å². The molecular weight excluding hydrogens is 262 g/mol. The van der Waals surface area contributed by atoms with E-state index < -0.39 is 6.51 Å². The van der Waals surface area contributed by atoms with Gasteiger partial charge in [0.1, 0.15) is 0 Å². The van der Waals surface area contributed by atoms with Crippen LogP contribution in [-0.4, -0.2) is 0 Å². The van der Waals surface area contributed by atoms with Crippen molar-refractivity contribution in [1.82, 2.24) is 0 Å². The molecule has 1 aromatic carbocycles. The van der Waals surface area contributed by atoms with Crippen LogP contribution in [0.4, 0.5) is 5.69 Å². The Hall–Kier alpha value is -0.461. The number of benzene rings is 1. The number of hydrogen-bond acceptors (Lipinski definition) is 1. The Bertz CT molecular complexity index is 1080. The van der Waals surface area contributed by atoms with E-state index in [1.54, 1.807) is 5.56 Å². The summed E-state index contributed by atoms with van der Waals surface area (Å²) in [5, 5.41) is 0. The van der Waals surface area contributed by atoms with Crippen LogP contribution in [0.15, 0.2) is 24.3 Å². The van der Waals surface area contributed by atoms with Gasteiger partial charge in [0.15, 0.2) is 0 Å². The molecule has 1 spiro atoms. The molecule has 10 aliphatic heterocycles. The number of nitrogens with two attached hydrogens (primary N) is 1. The van der Waals surface area contributed by atoms with E-state index in [0.717, 1.165) is 4.31 Å². The Balaban J connectivity index is 1.61. The van der Waals surface area contributed by atoms with Crippen molar-refractivity contribution < 1.29 is 6.51 Å². The van der Waals surface area contributed by atoms with Gasteiger partial charge in [-0.05, 0) is 0 Å². The number of nitrogen functional groups attached to an aromatic ring is 1. The SMILES string of the molecule is Nc1ccccc1[C]12[CH]3[CH]4[CH]5[CH]1[Fe]45321678[CH]2[CH]1[CH]6[CH]7[CH]28. The summed E-state index contributed by atoms with van der Waals surface area (Å²) in [7, 11) is 0. The van der Waals surface area contributed by atoms with E-state index in [1.807, 2.05) is 0 Å². The van der Waals surface area contributed by atoms with Crippen molar-refractivity contribution >= 4 is 5.69 Å². The second kappa shape index (κ2) is 0.521. The van der Waals surface area contributed by atoms with Crippen molar-refractivity contribution in [2.75, 3.05) is 5.73 Å². The molecule has 1 nitrogen and oxygen atoms in total. The maximum absolute atomic E-state index is 6.45. The van der Waals surface area contributed by atoms with Crippen molar-refractivity contribution in [1.29, 1.82) is 0 Å². The summed E-state index contributed by atoms with van der Waals surface area (Å²) in [6.45, 7) is -2.94. The zero-order valence-electron chi connectivity index (χ0n) is 9.94. The van der Waals surface area contributed by atoms with Crippen LogP contribution in [0, 0.1) is 0 Å². The Morgan fingerprint density at radius 3 is 1.78 bits per heavy atom. The first-order chi connectivity index (χ1) is 8.56. The molecule has 0 aromatic heterocycles. The molecule has 2 N–H and O–H groups in total. The van der Waals surface area contributed by atoms with Crippen LogP contribution in [0.1, 0.15) is 5.56 Å². The second-order valence-corrected chi connectivity index (χ2v) is 34.8. The van der Waals surface area contributed by atoms with Gasteiger partial charge in [0.05, 0.1) is 0 Å². The van der Waals surface area contributed by atoms with Crippen LogP contribution in [0.25, 0.3) is 0 Å². The van der Waals surface area contributed by atoms with Crippen LogP contribution >= 0.6 is 0 Å². The first-order valence-electron chi connectivity index (χ1n) is 7.62. The summed E-state index contributed by atoms with van der Waals surface area (Å²) in [5.74, 6) is 0. The molecule has 0 bridgehead atoms. The van der Waals surface area contributed by atoms with Gasteiger partial charge in [-0.2, -0.15) is 0 Å². The van der Waals surface area contributed by atoms with Gasteiger partial charge in [0.2, 0.25) is 0 Å². The Morgan fingerprint density at radius 2 is 1.39 bits per heavy atom. The zero-order chi connectivity index (χ0) is 11.0. The van der Waals surface area contributed by atoms with E-state index >= 15 is 0 Å². The average molecular weight is 277 g/mol. The van der Waals surface area contributed by atoms with Crippen LogP contribution in [0.3, 0.4) is 0 Å². The molecule has 10 saturated heterocycles. The molecule has 4 unspecified atom stereocenters. The van der Waals surface area contributed by atoms with Gasteiger partial charge in [-0.1, -0.05) is 0 Å². The van der Waals surface area contributed by atoms with Crippen LogP contribution in [-0.2, 0) is 10.8 Å². The Morgan fingerprint density at radius 1 is 0.833 bits per heavy atom. The molecule has 0 saturated carbocycles. The molecule has 1 aromatic rings. The second-order valence-electron chi connectivity index (χ2n) is 11.3. The zero-order valence-corrected chi connectivity index (χ0v) is 11.0. The summed E-state index contributed by atoms with van der Waals surface area (Å²) in [4.78, 5) is 12.6. The molecule has 10 fully saturated rings. The number of hydrogen-bond donors (Lipinski definition) is 1. The van der Waals surface area contributed by atoms with Gasteiger partial charge < -0.3 is 0 Å². The molecule has 18 heavy (non-hydrogen) atoms. The molecule has 10 aliphatic rings. The molecule has 92 valence electrons. The van der Waals surface area contributed by atoms with Crippen molar-refractivity contribution in [2.45, 2.75) is 47.7 Å². The maximum atomic E-state index is 6.45. The fourth-order valence-electron chi connectivity index (χ4n) is 17.8. The van der Waals surface area contributed by atoms with Crippen molar-refractivity contribution in [3.63, 3.8) is 0 Å².